The van der Waals surface area contributed by atoms with Crippen molar-refractivity contribution in [2.75, 3.05) is 31.8 Å². The molecule has 2 aliphatic heterocycles. The van der Waals surface area contributed by atoms with E-state index < -0.39 is 0 Å². The molecule has 0 saturated carbocycles. The maximum Gasteiger partial charge on any atom is 0.0783 e. The molecule has 2 fully saturated rings. The van der Waals surface area contributed by atoms with Crippen LogP contribution in [0.15, 0.2) is 0 Å². The summed E-state index contributed by atoms with van der Waals surface area (Å²) in [6.07, 6.45) is 3.87. The van der Waals surface area contributed by atoms with E-state index in [-0.39, 0.29) is 11.7 Å². The first-order valence-corrected chi connectivity index (χ1v) is 8.34. The number of likely N-dealkylation sites (N-methyl/N-ethyl adjacent to an activating group) is 1. The van der Waals surface area contributed by atoms with Crippen molar-refractivity contribution >= 4 is 11.8 Å². The van der Waals surface area contributed by atoms with Crippen LogP contribution in [-0.2, 0) is 9.47 Å². The monoisotopic (exact) mass is 273 g/mol. The predicted molar refractivity (Wildman–Crippen MR) is 77.3 cm³/mol. The number of methoxy groups -OCH3 is 1. The minimum atomic E-state index is 0.175. The number of hydrogen-bond acceptors (Lipinski definition) is 4. The lowest BCUT2D eigenvalue weighted by Crippen LogP contribution is -2.51. The van der Waals surface area contributed by atoms with Gasteiger partial charge in [-0.1, -0.05) is 6.92 Å². The number of hydrogen-bond donors (Lipinski definition) is 1. The third-order valence-electron chi connectivity index (χ3n) is 4.42. The quantitative estimate of drug-likeness (QED) is 0.832. The molecule has 1 spiro atoms. The fourth-order valence-electron chi connectivity index (χ4n) is 3.33. The summed E-state index contributed by atoms with van der Waals surface area (Å²) >= 11 is 2.04. The number of thioether (sulfide) groups is 1. The lowest BCUT2D eigenvalue weighted by Gasteiger charge is -2.42. The van der Waals surface area contributed by atoms with Crippen molar-refractivity contribution in [2.45, 2.75) is 50.9 Å². The minimum absolute atomic E-state index is 0.175. The average Bonchev–Trinajstić information content (AvgIpc) is 2.83. The molecule has 0 amide bonds. The predicted octanol–water partition coefficient (Wildman–Crippen LogP) is 2.30. The first-order chi connectivity index (χ1) is 8.71. The zero-order valence-electron chi connectivity index (χ0n) is 11.9. The summed E-state index contributed by atoms with van der Waals surface area (Å²) in [4.78, 5) is 0. The highest BCUT2D eigenvalue weighted by atomic mass is 32.2. The van der Waals surface area contributed by atoms with Crippen LogP contribution in [0, 0.1) is 5.92 Å². The van der Waals surface area contributed by atoms with Crippen molar-refractivity contribution in [3.05, 3.63) is 0 Å². The van der Waals surface area contributed by atoms with Gasteiger partial charge in [0.25, 0.3) is 0 Å². The molecule has 2 saturated heterocycles. The average molecular weight is 273 g/mol. The van der Waals surface area contributed by atoms with E-state index in [0.717, 1.165) is 19.6 Å². The number of rotatable bonds is 5. The molecule has 0 aromatic rings. The van der Waals surface area contributed by atoms with Crippen molar-refractivity contribution in [2.24, 2.45) is 5.92 Å². The van der Waals surface area contributed by atoms with Crippen molar-refractivity contribution in [3.8, 4) is 0 Å². The Morgan fingerprint density at radius 3 is 3.00 bits per heavy atom. The summed E-state index contributed by atoms with van der Waals surface area (Å²) < 4.78 is 11.7. The molecule has 4 unspecified atom stereocenters. The van der Waals surface area contributed by atoms with Gasteiger partial charge in [-0.05, 0) is 44.4 Å². The van der Waals surface area contributed by atoms with E-state index >= 15 is 0 Å². The standard InChI is InChI=1S/C14H27NO2S/c1-4-15-13(11(2)16-3)12-5-7-17-14(9-12)6-8-18-10-14/h11-13,15H,4-10H2,1-3H3. The van der Waals surface area contributed by atoms with Gasteiger partial charge in [0, 0.05) is 25.5 Å². The Hall–Kier alpha value is 0.230. The van der Waals surface area contributed by atoms with Crippen LogP contribution in [0.2, 0.25) is 0 Å². The van der Waals surface area contributed by atoms with E-state index in [2.05, 4.69) is 19.2 Å². The maximum atomic E-state index is 6.11. The second-order valence-corrected chi connectivity index (χ2v) is 6.72. The summed E-state index contributed by atoms with van der Waals surface area (Å²) in [5, 5.41) is 3.62. The number of nitrogens with one attached hydrogen (secondary N) is 1. The maximum absolute atomic E-state index is 6.11. The minimum Gasteiger partial charge on any atom is -0.380 e. The van der Waals surface area contributed by atoms with E-state index in [4.69, 9.17) is 9.47 Å². The summed E-state index contributed by atoms with van der Waals surface area (Å²) in [6.45, 7) is 6.29. The van der Waals surface area contributed by atoms with Gasteiger partial charge in [0.05, 0.1) is 11.7 Å². The molecule has 0 aromatic heterocycles. The van der Waals surface area contributed by atoms with Crippen LogP contribution < -0.4 is 5.32 Å². The highest BCUT2D eigenvalue weighted by Gasteiger charge is 2.43. The molecular formula is C14H27NO2S. The van der Waals surface area contributed by atoms with E-state index in [1.54, 1.807) is 0 Å². The summed E-state index contributed by atoms with van der Waals surface area (Å²) in [7, 11) is 1.82. The second-order valence-electron chi connectivity index (χ2n) is 5.61. The van der Waals surface area contributed by atoms with Crippen LogP contribution in [0.1, 0.15) is 33.1 Å². The van der Waals surface area contributed by atoms with Crippen LogP contribution in [0.3, 0.4) is 0 Å². The normalized spacial score (nSPS) is 35.8. The van der Waals surface area contributed by atoms with Crippen molar-refractivity contribution < 1.29 is 9.47 Å². The van der Waals surface area contributed by atoms with E-state index in [9.17, 15) is 0 Å². The molecule has 106 valence electrons. The smallest absolute Gasteiger partial charge is 0.0783 e. The summed E-state index contributed by atoms with van der Waals surface area (Å²) in [5.74, 6) is 3.13. The van der Waals surface area contributed by atoms with Crippen LogP contribution in [0.25, 0.3) is 0 Å². The van der Waals surface area contributed by atoms with E-state index in [1.165, 1.54) is 24.3 Å². The molecule has 2 heterocycles. The van der Waals surface area contributed by atoms with Gasteiger partial charge >= 0.3 is 0 Å². The highest BCUT2D eigenvalue weighted by Crippen LogP contribution is 2.41. The summed E-state index contributed by atoms with van der Waals surface area (Å²) in [5.41, 5.74) is 0.175. The fourth-order valence-corrected chi connectivity index (χ4v) is 4.71. The molecule has 3 nitrogen and oxygen atoms in total. The fraction of sp³-hybridized carbons (Fsp3) is 1.00. The molecule has 1 N–H and O–H groups in total. The Labute approximate surface area is 115 Å². The molecule has 4 heteroatoms. The van der Waals surface area contributed by atoms with Crippen LogP contribution in [0.4, 0.5) is 0 Å². The molecule has 0 bridgehead atoms. The van der Waals surface area contributed by atoms with Crippen LogP contribution in [0.5, 0.6) is 0 Å². The Morgan fingerprint density at radius 1 is 1.56 bits per heavy atom. The van der Waals surface area contributed by atoms with E-state index in [0.29, 0.717) is 12.0 Å². The SMILES string of the molecule is CCNC(C1CCOC2(CCSC2)C1)C(C)OC. The lowest BCUT2D eigenvalue weighted by atomic mass is 9.79. The highest BCUT2D eigenvalue weighted by molar-refractivity contribution is 7.99. The van der Waals surface area contributed by atoms with Gasteiger partial charge in [-0.3, -0.25) is 0 Å². The van der Waals surface area contributed by atoms with Gasteiger partial charge in [-0.25, -0.2) is 0 Å². The lowest BCUT2D eigenvalue weighted by molar-refractivity contribution is -0.0937. The van der Waals surface area contributed by atoms with Crippen molar-refractivity contribution in [3.63, 3.8) is 0 Å². The first kappa shape index (κ1) is 14.6. The second kappa shape index (κ2) is 6.60. The number of ether oxygens (including phenoxy) is 2. The molecular weight excluding hydrogens is 246 g/mol. The summed E-state index contributed by atoms with van der Waals surface area (Å²) in [6, 6.07) is 0.464. The van der Waals surface area contributed by atoms with Gasteiger partial charge in [-0.2, -0.15) is 11.8 Å². The Morgan fingerprint density at radius 2 is 2.39 bits per heavy atom. The molecule has 2 rings (SSSR count). The van der Waals surface area contributed by atoms with E-state index in [1.807, 2.05) is 18.9 Å². The molecule has 18 heavy (non-hydrogen) atoms. The van der Waals surface area contributed by atoms with Gasteiger partial charge in [0.15, 0.2) is 0 Å². The van der Waals surface area contributed by atoms with Gasteiger partial charge in [0.2, 0.25) is 0 Å². The van der Waals surface area contributed by atoms with Gasteiger partial charge < -0.3 is 14.8 Å². The Bertz CT molecular complexity index is 256. The molecule has 2 aliphatic rings. The van der Waals surface area contributed by atoms with Gasteiger partial charge in [-0.15, -0.1) is 0 Å². The molecule has 0 aromatic carbocycles. The Balaban J connectivity index is 2.00. The van der Waals surface area contributed by atoms with Crippen LogP contribution >= 0.6 is 11.8 Å². The van der Waals surface area contributed by atoms with Crippen LogP contribution in [-0.4, -0.2) is 49.5 Å². The molecule has 0 radical (unpaired) electrons. The van der Waals surface area contributed by atoms with Gasteiger partial charge in [0.1, 0.15) is 0 Å². The first-order valence-electron chi connectivity index (χ1n) is 7.18. The zero-order chi connectivity index (χ0) is 13.0. The van der Waals surface area contributed by atoms with Crippen molar-refractivity contribution in [1.29, 1.82) is 0 Å². The van der Waals surface area contributed by atoms with Crippen molar-refractivity contribution in [1.82, 2.24) is 5.32 Å². The molecule has 4 atom stereocenters. The Kier molecular flexibility index (Phi) is 5.36. The third-order valence-corrected chi connectivity index (χ3v) is 5.65. The zero-order valence-corrected chi connectivity index (χ0v) is 12.7. The topological polar surface area (TPSA) is 30.5 Å². The largest absolute Gasteiger partial charge is 0.380 e. The third kappa shape index (κ3) is 3.21. The molecule has 0 aliphatic carbocycles.